The molecule has 1 N–H and O–H groups in total. The standard InChI is InChI=1S/C24H25NO6/c1-4-17-13-21(26)30-19-11-15(3)12-20(22(17)19)31-23(27)18(5-2)25-24(28)29-14-16-9-7-6-8-10-16/h6-13,18H,4-5,14H2,1-3H3,(H,25,28)/t18-/m0/s1. The number of carbonyl (C=O) groups is 2. The van der Waals surface area contributed by atoms with Crippen LogP contribution in [0.25, 0.3) is 11.0 Å². The van der Waals surface area contributed by atoms with E-state index >= 15 is 0 Å². The molecule has 1 amide bonds. The zero-order valence-corrected chi connectivity index (χ0v) is 17.8. The predicted octanol–water partition coefficient (Wildman–Crippen LogP) is 4.27. The average molecular weight is 423 g/mol. The van der Waals surface area contributed by atoms with Crippen LogP contribution in [0, 0.1) is 6.92 Å². The van der Waals surface area contributed by atoms with E-state index in [9.17, 15) is 14.4 Å². The first-order valence-electron chi connectivity index (χ1n) is 10.2. The number of rotatable bonds is 7. The average Bonchev–Trinajstić information content (AvgIpc) is 2.75. The molecule has 3 aromatic rings. The van der Waals surface area contributed by atoms with Gasteiger partial charge in [0.2, 0.25) is 0 Å². The highest BCUT2D eigenvalue weighted by atomic mass is 16.6. The van der Waals surface area contributed by atoms with Gasteiger partial charge in [-0.3, -0.25) is 0 Å². The molecule has 2 aromatic carbocycles. The number of aryl methyl sites for hydroxylation is 2. The lowest BCUT2D eigenvalue weighted by Gasteiger charge is -2.17. The second kappa shape index (κ2) is 9.93. The second-order valence-electron chi connectivity index (χ2n) is 7.17. The van der Waals surface area contributed by atoms with Crippen molar-refractivity contribution in [2.24, 2.45) is 0 Å². The summed E-state index contributed by atoms with van der Waals surface area (Å²) in [4.78, 5) is 36.8. The first kappa shape index (κ1) is 22.1. The van der Waals surface area contributed by atoms with Crippen LogP contribution < -0.4 is 15.7 Å². The number of hydrogen-bond acceptors (Lipinski definition) is 6. The summed E-state index contributed by atoms with van der Waals surface area (Å²) in [6.45, 7) is 5.57. The van der Waals surface area contributed by atoms with E-state index in [1.807, 2.05) is 44.2 Å². The Morgan fingerprint density at radius 2 is 1.84 bits per heavy atom. The lowest BCUT2D eigenvalue weighted by molar-refractivity contribution is -0.136. The van der Waals surface area contributed by atoms with Crippen molar-refractivity contribution in [2.45, 2.75) is 46.3 Å². The molecule has 0 bridgehead atoms. The van der Waals surface area contributed by atoms with E-state index in [2.05, 4.69) is 5.32 Å². The largest absolute Gasteiger partial charge is 0.445 e. The minimum atomic E-state index is -0.889. The van der Waals surface area contributed by atoms with Crippen molar-refractivity contribution in [3.05, 3.63) is 75.6 Å². The number of fused-ring (bicyclic) bond motifs is 1. The van der Waals surface area contributed by atoms with Crippen LogP contribution in [0.3, 0.4) is 0 Å². The molecule has 0 aliphatic rings. The van der Waals surface area contributed by atoms with Crippen LogP contribution in [0.15, 0.2) is 57.7 Å². The third-order valence-electron chi connectivity index (χ3n) is 4.82. The SMILES string of the molecule is CCc1cc(=O)oc2cc(C)cc(OC(=O)[C@H](CC)NC(=O)OCc3ccccc3)c12. The summed E-state index contributed by atoms with van der Waals surface area (Å²) in [7, 11) is 0. The minimum Gasteiger partial charge on any atom is -0.445 e. The lowest BCUT2D eigenvalue weighted by atomic mass is 10.0. The number of hydrogen-bond donors (Lipinski definition) is 1. The predicted molar refractivity (Wildman–Crippen MR) is 116 cm³/mol. The lowest BCUT2D eigenvalue weighted by Crippen LogP contribution is -2.42. The van der Waals surface area contributed by atoms with E-state index in [0.717, 1.165) is 16.7 Å². The summed E-state index contributed by atoms with van der Waals surface area (Å²) in [5, 5.41) is 3.12. The van der Waals surface area contributed by atoms with Gasteiger partial charge in [0.25, 0.3) is 0 Å². The first-order chi connectivity index (χ1) is 14.9. The topological polar surface area (TPSA) is 94.8 Å². The molecular weight excluding hydrogens is 398 g/mol. The number of esters is 1. The van der Waals surface area contributed by atoms with Gasteiger partial charge in [-0.1, -0.05) is 44.2 Å². The van der Waals surface area contributed by atoms with Gasteiger partial charge in [-0.25, -0.2) is 14.4 Å². The Balaban J connectivity index is 1.75. The molecule has 162 valence electrons. The van der Waals surface area contributed by atoms with Crippen molar-refractivity contribution in [3.8, 4) is 5.75 Å². The molecule has 0 radical (unpaired) electrons. The zero-order valence-electron chi connectivity index (χ0n) is 17.8. The van der Waals surface area contributed by atoms with Crippen LogP contribution in [-0.2, 0) is 22.6 Å². The van der Waals surface area contributed by atoms with Gasteiger partial charge in [0.1, 0.15) is 24.0 Å². The molecule has 7 heteroatoms. The van der Waals surface area contributed by atoms with Gasteiger partial charge in [-0.05, 0) is 48.6 Å². The van der Waals surface area contributed by atoms with Crippen LogP contribution in [0.2, 0.25) is 0 Å². The second-order valence-corrected chi connectivity index (χ2v) is 7.17. The maximum atomic E-state index is 12.8. The maximum Gasteiger partial charge on any atom is 0.408 e. The maximum absolute atomic E-state index is 12.8. The van der Waals surface area contributed by atoms with Crippen LogP contribution >= 0.6 is 0 Å². The Hall–Kier alpha value is -3.61. The zero-order chi connectivity index (χ0) is 22.4. The van der Waals surface area contributed by atoms with Crippen LogP contribution in [-0.4, -0.2) is 18.1 Å². The molecule has 7 nitrogen and oxygen atoms in total. The quantitative estimate of drug-likeness (QED) is 0.346. The first-order valence-corrected chi connectivity index (χ1v) is 10.2. The number of nitrogens with one attached hydrogen (secondary N) is 1. The van der Waals surface area contributed by atoms with Gasteiger partial charge in [0.15, 0.2) is 0 Å². The van der Waals surface area contributed by atoms with Crippen LogP contribution in [0.4, 0.5) is 4.79 Å². The smallest absolute Gasteiger partial charge is 0.408 e. The number of carbonyl (C=O) groups excluding carboxylic acids is 2. The van der Waals surface area contributed by atoms with Crippen LogP contribution in [0.5, 0.6) is 5.75 Å². The molecule has 0 aliphatic heterocycles. The summed E-state index contributed by atoms with van der Waals surface area (Å²) in [5.41, 5.74) is 2.23. The van der Waals surface area contributed by atoms with Crippen molar-refractivity contribution in [1.82, 2.24) is 5.32 Å². The summed E-state index contributed by atoms with van der Waals surface area (Å²) in [5.74, 6) is -0.335. The summed E-state index contributed by atoms with van der Waals surface area (Å²) in [6, 6.07) is 13.2. The normalized spacial score (nSPS) is 11.7. The van der Waals surface area contributed by atoms with E-state index < -0.39 is 23.7 Å². The monoisotopic (exact) mass is 423 g/mol. The molecule has 1 heterocycles. The Morgan fingerprint density at radius 1 is 1.10 bits per heavy atom. The van der Waals surface area contributed by atoms with Gasteiger partial charge in [0, 0.05) is 6.07 Å². The molecule has 0 saturated carbocycles. The van der Waals surface area contributed by atoms with E-state index in [1.54, 1.807) is 19.1 Å². The van der Waals surface area contributed by atoms with E-state index in [0.29, 0.717) is 29.6 Å². The van der Waals surface area contributed by atoms with Gasteiger partial charge in [-0.2, -0.15) is 0 Å². The van der Waals surface area contributed by atoms with Gasteiger partial charge in [0.05, 0.1) is 5.39 Å². The molecule has 0 aliphatic carbocycles. The molecule has 0 saturated heterocycles. The number of benzene rings is 2. The van der Waals surface area contributed by atoms with Crippen molar-refractivity contribution in [3.63, 3.8) is 0 Å². The Bertz CT molecular complexity index is 1140. The number of ether oxygens (including phenoxy) is 2. The Labute approximate surface area is 180 Å². The van der Waals surface area contributed by atoms with E-state index in [4.69, 9.17) is 13.9 Å². The molecule has 0 fully saturated rings. The Kier molecular flexibility index (Phi) is 7.07. The fraction of sp³-hybridized carbons (Fsp3) is 0.292. The highest BCUT2D eigenvalue weighted by molar-refractivity contribution is 5.91. The van der Waals surface area contributed by atoms with Gasteiger partial charge < -0.3 is 19.2 Å². The van der Waals surface area contributed by atoms with Crippen molar-refractivity contribution in [2.75, 3.05) is 0 Å². The third-order valence-corrected chi connectivity index (χ3v) is 4.82. The van der Waals surface area contributed by atoms with Crippen LogP contribution in [0.1, 0.15) is 37.0 Å². The molecule has 0 spiro atoms. The molecule has 1 aromatic heterocycles. The third kappa shape index (κ3) is 5.51. The van der Waals surface area contributed by atoms with E-state index in [-0.39, 0.29) is 6.61 Å². The summed E-state index contributed by atoms with van der Waals surface area (Å²) >= 11 is 0. The molecule has 1 atom stereocenters. The van der Waals surface area contributed by atoms with Gasteiger partial charge in [-0.15, -0.1) is 0 Å². The fourth-order valence-corrected chi connectivity index (χ4v) is 3.24. The van der Waals surface area contributed by atoms with Crippen molar-refractivity contribution < 1.29 is 23.5 Å². The molecule has 31 heavy (non-hydrogen) atoms. The van der Waals surface area contributed by atoms with Crippen molar-refractivity contribution in [1.29, 1.82) is 0 Å². The number of amides is 1. The van der Waals surface area contributed by atoms with E-state index in [1.165, 1.54) is 6.07 Å². The summed E-state index contributed by atoms with van der Waals surface area (Å²) < 4.78 is 16.1. The number of alkyl carbamates (subject to hydrolysis) is 1. The Morgan fingerprint density at radius 3 is 2.52 bits per heavy atom. The summed E-state index contributed by atoms with van der Waals surface area (Å²) in [6.07, 6.45) is 0.178. The van der Waals surface area contributed by atoms with Crippen molar-refractivity contribution >= 4 is 23.0 Å². The molecule has 3 rings (SSSR count). The minimum absolute atomic E-state index is 0.0968. The molecule has 0 unspecified atom stereocenters. The molecular formula is C24H25NO6. The highest BCUT2D eigenvalue weighted by Gasteiger charge is 2.23. The highest BCUT2D eigenvalue weighted by Crippen LogP contribution is 2.30. The fourth-order valence-electron chi connectivity index (χ4n) is 3.24. The van der Waals surface area contributed by atoms with Gasteiger partial charge >= 0.3 is 17.7 Å².